The van der Waals surface area contributed by atoms with Gasteiger partial charge in [-0.25, -0.2) is 4.79 Å². The van der Waals surface area contributed by atoms with Crippen LogP contribution in [0.5, 0.6) is 0 Å². The van der Waals surface area contributed by atoms with Gasteiger partial charge in [0.2, 0.25) is 41.4 Å². The predicted octanol–water partition coefficient (Wildman–Crippen LogP) is -6.52. The number of nitrogens with two attached hydrogens (primary N) is 5. The van der Waals surface area contributed by atoms with Crippen LogP contribution in [0.3, 0.4) is 0 Å². The number of guanidine groups is 2. The molecule has 0 radical (unpaired) electrons. The van der Waals surface area contributed by atoms with Crippen LogP contribution in [0.1, 0.15) is 58.3 Å². The third kappa shape index (κ3) is 15.5. The molecule has 0 saturated carbocycles. The van der Waals surface area contributed by atoms with Gasteiger partial charge < -0.3 is 75.3 Å². The highest BCUT2D eigenvalue weighted by molar-refractivity contribution is 7.80. The predicted molar refractivity (Wildman–Crippen MR) is 212 cm³/mol. The quantitative estimate of drug-likeness (QED) is 0.0197. The number of nitrogens with one attached hydrogen (secondary N) is 5. The van der Waals surface area contributed by atoms with Gasteiger partial charge in [0.1, 0.15) is 36.3 Å². The number of hydrogen-bond acceptors (Lipinski definition) is 13. The Kier molecular flexibility index (Phi) is 20.5. The Morgan fingerprint density at radius 3 is 1.83 bits per heavy atom. The van der Waals surface area contributed by atoms with E-state index in [1.54, 1.807) is 0 Å². The molecule has 17 N–H and O–H groups in total. The van der Waals surface area contributed by atoms with E-state index in [1.165, 1.54) is 11.8 Å². The van der Waals surface area contributed by atoms with E-state index in [2.05, 4.69) is 49.2 Å². The second-order valence-electron chi connectivity index (χ2n) is 13.8. The van der Waals surface area contributed by atoms with Crippen molar-refractivity contribution < 1.29 is 48.6 Å². The largest absolute Gasteiger partial charge is 0.480 e. The summed E-state index contributed by atoms with van der Waals surface area (Å²) in [5.41, 5.74) is 27.4. The summed E-state index contributed by atoms with van der Waals surface area (Å²) < 4.78 is 0. The average Bonchev–Trinajstić information content (AvgIpc) is 3.88. The van der Waals surface area contributed by atoms with Crippen LogP contribution < -0.4 is 55.3 Å². The van der Waals surface area contributed by atoms with Gasteiger partial charge in [-0.05, 0) is 58.3 Å². The second kappa shape index (κ2) is 24.4. The number of rotatable bonds is 23. The molecule has 7 amide bonds. The highest BCUT2D eigenvalue weighted by Gasteiger charge is 2.40. The number of aliphatic imine (C=N–C) groups is 2. The normalized spacial score (nSPS) is 18.7. The molecule has 0 aromatic heterocycles. The smallest absolute Gasteiger partial charge is 0.327 e. The van der Waals surface area contributed by atoms with Gasteiger partial charge in [-0.2, -0.15) is 12.6 Å². The van der Waals surface area contributed by atoms with Crippen molar-refractivity contribution in [2.75, 3.05) is 45.1 Å². The Hall–Kier alpha value is -5.43. The number of likely N-dealkylation sites (tertiary alicyclic amines) is 2. The summed E-state index contributed by atoms with van der Waals surface area (Å²) in [7, 11) is 0. The number of nitrogens with zero attached hydrogens (tertiary/aromatic N) is 4. The number of aliphatic hydroxyl groups excluding tert-OH is 1. The Morgan fingerprint density at radius 1 is 0.741 bits per heavy atom. The number of hydrogen-bond donors (Lipinski definition) is 13. The first-order valence-corrected chi connectivity index (χ1v) is 19.4. The lowest BCUT2D eigenvalue weighted by atomic mass is 10.1. The average molecular weight is 843 g/mol. The molecule has 0 spiro atoms. The van der Waals surface area contributed by atoms with Crippen molar-refractivity contribution in [1.82, 2.24) is 36.4 Å². The molecule has 0 unspecified atom stereocenters. The van der Waals surface area contributed by atoms with Gasteiger partial charge in [-0.15, -0.1) is 0 Å². The Bertz CT molecular complexity index is 1540. The molecule has 0 aliphatic carbocycles. The van der Waals surface area contributed by atoms with E-state index in [9.17, 15) is 43.5 Å². The summed E-state index contributed by atoms with van der Waals surface area (Å²) in [6, 6.07) is -8.18. The number of aliphatic carboxylic acids is 1. The standard InChI is InChI=1S/C33H58N14O10S/c1-17(42-25(50)18(34)6-2-10-39-32(35)36)29(54)46-12-5-9-23(46)28(53)44-19(7-3-11-40-33(37)38)26(51)45-20(15-48)30(55)47-13-4-8-22(47)27(52)41-14-24(49)43-21(16-58)31(56)57/h17-23,48,58H,2-16,34H2,1H3,(H,41,52)(H,42,50)(H,43,49)(H,44,53)(H,45,51)(H,56,57)(H4,35,36,39)(H4,37,38,40)/t17-,18-,19-,20-,21-,22-,23-/m0/s1. The Balaban J connectivity index is 2.11. The van der Waals surface area contributed by atoms with Gasteiger partial charge >= 0.3 is 5.97 Å². The minimum atomic E-state index is -1.54. The maximum atomic E-state index is 13.7. The maximum Gasteiger partial charge on any atom is 0.327 e. The van der Waals surface area contributed by atoms with E-state index in [0.29, 0.717) is 19.3 Å². The first-order valence-electron chi connectivity index (χ1n) is 18.8. The number of aliphatic hydroxyl groups is 1. The topological polar surface area (TPSA) is 398 Å². The zero-order valence-corrected chi connectivity index (χ0v) is 33.3. The van der Waals surface area contributed by atoms with Gasteiger partial charge in [0.15, 0.2) is 11.9 Å². The molecular formula is C33H58N14O10S. The van der Waals surface area contributed by atoms with E-state index < -0.39 is 103 Å². The summed E-state index contributed by atoms with van der Waals surface area (Å²) in [6.45, 7) is 0.637. The monoisotopic (exact) mass is 842 g/mol. The van der Waals surface area contributed by atoms with Gasteiger partial charge in [0.25, 0.3) is 0 Å². The molecule has 25 heteroatoms. The van der Waals surface area contributed by atoms with Crippen LogP contribution in [0.2, 0.25) is 0 Å². The third-order valence-corrected chi connectivity index (χ3v) is 9.69. The maximum absolute atomic E-state index is 13.7. The molecule has 0 bridgehead atoms. The van der Waals surface area contributed by atoms with Crippen molar-refractivity contribution in [3.8, 4) is 0 Å². The molecule has 2 fully saturated rings. The summed E-state index contributed by atoms with van der Waals surface area (Å²) in [6.07, 6.45) is 2.13. The van der Waals surface area contributed by atoms with Crippen molar-refractivity contribution >= 4 is 71.9 Å². The van der Waals surface area contributed by atoms with Gasteiger partial charge in [0, 0.05) is 31.9 Å². The van der Waals surface area contributed by atoms with Crippen LogP contribution in [0, 0.1) is 0 Å². The molecule has 2 saturated heterocycles. The lowest BCUT2D eigenvalue weighted by molar-refractivity contribution is -0.143. The van der Waals surface area contributed by atoms with Crippen molar-refractivity contribution in [3.63, 3.8) is 0 Å². The zero-order chi connectivity index (χ0) is 43.5. The van der Waals surface area contributed by atoms with Gasteiger partial charge in [0.05, 0.1) is 19.2 Å². The van der Waals surface area contributed by atoms with E-state index in [0.717, 1.165) is 4.90 Å². The summed E-state index contributed by atoms with van der Waals surface area (Å²) in [5.74, 6) is -6.76. The summed E-state index contributed by atoms with van der Waals surface area (Å²) >= 11 is 3.87. The minimum Gasteiger partial charge on any atom is -0.480 e. The van der Waals surface area contributed by atoms with Crippen LogP contribution in [-0.2, 0) is 38.4 Å². The van der Waals surface area contributed by atoms with Crippen LogP contribution in [0.4, 0.5) is 0 Å². The van der Waals surface area contributed by atoms with Crippen LogP contribution in [-0.4, -0.2) is 167 Å². The molecule has 58 heavy (non-hydrogen) atoms. The molecular weight excluding hydrogens is 785 g/mol. The third-order valence-electron chi connectivity index (χ3n) is 9.33. The number of amides is 7. The molecule has 2 rings (SSSR count). The fraction of sp³-hybridized carbons (Fsp3) is 0.697. The summed E-state index contributed by atoms with van der Waals surface area (Å²) in [4.78, 5) is 114. The SMILES string of the molecule is C[C@H](NC(=O)[C@@H](N)CCCN=C(N)N)C(=O)N1CCC[C@H]1C(=O)N[C@@H](CCCN=C(N)N)C(=O)N[C@@H](CO)C(=O)N1CCC[C@H]1C(=O)NCC(=O)N[C@@H](CS)C(=O)O. The van der Waals surface area contributed by atoms with E-state index >= 15 is 0 Å². The van der Waals surface area contributed by atoms with E-state index in [1.807, 2.05) is 0 Å². The molecule has 0 aromatic rings. The van der Waals surface area contributed by atoms with Crippen LogP contribution in [0.15, 0.2) is 9.98 Å². The van der Waals surface area contributed by atoms with Crippen LogP contribution in [0.25, 0.3) is 0 Å². The lowest BCUT2D eigenvalue weighted by Gasteiger charge is -2.30. The Morgan fingerprint density at radius 2 is 1.29 bits per heavy atom. The first-order chi connectivity index (χ1) is 27.4. The summed E-state index contributed by atoms with van der Waals surface area (Å²) in [5, 5.41) is 31.5. The molecule has 24 nitrogen and oxygen atoms in total. The molecule has 326 valence electrons. The van der Waals surface area contributed by atoms with Crippen molar-refractivity contribution in [1.29, 1.82) is 0 Å². The number of thiol groups is 1. The molecule has 0 aromatic carbocycles. The van der Waals surface area contributed by atoms with Crippen LogP contribution >= 0.6 is 12.6 Å². The molecule has 2 aliphatic heterocycles. The van der Waals surface area contributed by atoms with E-state index in [4.69, 9.17) is 33.8 Å². The second-order valence-corrected chi connectivity index (χ2v) is 14.1. The zero-order valence-electron chi connectivity index (χ0n) is 32.4. The fourth-order valence-corrected chi connectivity index (χ4v) is 6.55. The lowest BCUT2D eigenvalue weighted by Crippen LogP contribution is -2.59. The molecule has 7 atom stereocenters. The fourth-order valence-electron chi connectivity index (χ4n) is 6.30. The number of carbonyl (C=O) groups excluding carboxylic acids is 7. The Labute approximate surface area is 340 Å². The molecule has 2 aliphatic rings. The highest BCUT2D eigenvalue weighted by Crippen LogP contribution is 2.21. The minimum absolute atomic E-state index is 0.0261. The van der Waals surface area contributed by atoms with Gasteiger partial charge in [-0.1, -0.05) is 0 Å². The highest BCUT2D eigenvalue weighted by atomic mass is 32.1. The van der Waals surface area contributed by atoms with Crippen molar-refractivity contribution in [2.24, 2.45) is 38.7 Å². The first kappa shape index (κ1) is 48.7. The van der Waals surface area contributed by atoms with E-state index in [-0.39, 0.29) is 76.0 Å². The van der Waals surface area contributed by atoms with Crippen molar-refractivity contribution in [2.45, 2.75) is 101 Å². The van der Waals surface area contributed by atoms with Crippen molar-refractivity contribution in [3.05, 3.63) is 0 Å². The number of carboxylic acid groups (broad SMARTS) is 1. The number of carboxylic acids is 1. The molecule has 2 heterocycles. The number of carbonyl (C=O) groups is 8. The van der Waals surface area contributed by atoms with Gasteiger partial charge in [-0.3, -0.25) is 43.5 Å².